The number of aliphatic imine (C=N–C) groups is 1. The number of aromatic nitrogens is 2. The average molecular weight is 254 g/mol. The molecule has 0 aromatic carbocycles. The third kappa shape index (κ3) is 5.30. The van der Waals surface area contributed by atoms with E-state index in [2.05, 4.69) is 20.3 Å². The lowest BCUT2D eigenvalue weighted by atomic mass is 10.2. The first-order chi connectivity index (χ1) is 8.59. The van der Waals surface area contributed by atoms with Gasteiger partial charge in [-0.2, -0.15) is 0 Å². The van der Waals surface area contributed by atoms with Crippen molar-refractivity contribution >= 4 is 11.9 Å². The summed E-state index contributed by atoms with van der Waals surface area (Å²) < 4.78 is 0. The first kappa shape index (κ1) is 14.0. The van der Waals surface area contributed by atoms with Gasteiger partial charge in [-0.05, 0) is 12.8 Å². The number of carboxylic acids is 1. The number of aliphatic carboxylic acids is 1. The van der Waals surface area contributed by atoms with Crippen LogP contribution in [0.25, 0.3) is 0 Å². The molecule has 1 aromatic heterocycles. The van der Waals surface area contributed by atoms with Crippen LogP contribution in [-0.2, 0) is 11.3 Å². The number of carboxylic acid groups (broad SMARTS) is 1. The molecule has 100 valence electrons. The van der Waals surface area contributed by atoms with Gasteiger partial charge in [-0.1, -0.05) is 0 Å². The van der Waals surface area contributed by atoms with Gasteiger partial charge in [0.05, 0.1) is 0 Å². The summed E-state index contributed by atoms with van der Waals surface area (Å²) in [6.07, 6.45) is 4.36. The van der Waals surface area contributed by atoms with Crippen molar-refractivity contribution in [3.05, 3.63) is 18.2 Å². The van der Waals surface area contributed by atoms with Gasteiger partial charge < -0.3 is 26.9 Å². The molecule has 0 saturated heterocycles. The first-order valence-corrected chi connectivity index (χ1v) is 5.60. The Kier molecular flexibility index (Phi) is 5.65. The fraction of sp³-hybridized carbons (Fsp3) is 0.500. The van der Waals surface area contributed by atoms with E-state index < -0.39 is 12.0 Å². The molecular weight excluding hydrogens is 236 g/mol. The van der Waals surface area contributed by atoms with Gasteiger partial charge in [-0.3, -0.25) is 4.79 Å². The summed E-state index contributed by atoms with van der Waals surface area (Å²) in [5, 5.41) is 11.5. The zero-order chi connectivity index (χ0) is 13.4. The van der Waals surface area contributed by atoms with E-state index in [-0.39, 0.29) is 0 Å². The Morgan fingerprint density at radius 2 is 2.44 bits per heavy atom. The molecule has 1 heterocycles. The normalized spacial score (nSPS) is 13.3. The standard InChI is InChI=1S/C10H18N6O2/c11-7(9(17)18)2-1-3-15-10(12)16-6-8-13-4-5-14-8/h4-5,7H,1-3,6,11H2,(H,13,14)(H,17,18)(H3,12,15,16)/t7-/m0/s1. The van der Waals surface area contributed by atoms with Gasteiger partial charge in [0.2, 0.25) is 0 Å². The number of carbonyl (C=O) groups is 1. The molecule has 18 heavy (non-hydrogen) atoms. The Balaban J connectivity index is 2.15. The fourth-order valence-electron chi connectivity index (χ4n) is 1.26. The zero-order valence-electron chi connectivity index (χ0n) is 9.97. The highest BCUT2D eigenvalue weighted by Gasteiger charge is 2.09. The Hall–Kier alpha value is -2.09. The van der Waals surface area contributed by atoms with Gasteiger partial charge in [0.15, 0.2) is 5.96 Å². The molecule has 8 nitrogen and oxygen atoms in total. The third-order valence-electron chi connectivity index (χ3n) is 2.27. The second kappa shape index (κ2) is 7.28. The molecule has 0 aliphatic heterocycles. The van der Waals surface area contributed by atoms with Crippen molar-refractivity contribution in [1.82, 2.24) is 15.3 Å². The van der Waals surface area contributed by atoms with Crippen LogP contribution in [0.4, 0.5) is 0 Å². The molecule has 1 atom stereocenters. The van der Waals surface area contributed by atoms with Crippen molar-refractivity contribution in [2.24, 2.45) is 16.5 Å². The third-order valence-corrected chi connectivity index (χ3v) is 2.27. The van der Waals surface area contributed by atoms with Crippen LogP contribution in [0.2, 0.25) is 0 Å². The molecule has 0 fully saturated rings. The summed E-state index contributed by atoms with van der Waals surface area (Å²) in [6, 6.07) is -0.826. The highest BCUT2D eigenvalue weighted by molar-refractivity contribution is 5.77. The van der Waals surface area contributed by atoms with E-state index >= 15 is 0 Å². The van der Waals surface area contributed by atoms with Gasteiger partial charge >= 0.3 is 5.97 Å². The quantitative estimate of drug-likeness (QED) is 0.240. The van der Waals surface area contributed by atoms with Crippen LogP contribution in [0.5, 0.6) is 0 Å². The monoisotopic (exact) mass is 254 g/mol. The van der Waals surface area contributed by atoms with Crippen LogP contribution >= 0.6 is 0 Å². The predicted octanol–water partition coefficient (Wildman–Crippen LogP) is -0.994. The zero-order valence-corrected chi connectivity index (χ0v) is 9.97. The van der Waals surface area contributed by atoms with Gasteiger partial charge in [-0.25, -0.2) is 9.98 Å². The number of guanidine groups is 1. The second-order valence-electron chi connectivity index (χ2n) is 3.75. The predicted molar refractivity (Wildman–Crippen MR) is 66.8 cm³/mol. The molecule has 0 unspecified atom stereocenters. The number of hydrogen-bond acceptors (Lipinski definition) is 4. The topological polar surface area (TPSA) is 142 Å². The van der Waals surface area contributed by atoms with E-state index in [1.54, 1.807) is 12.4 Å². The average Bonchev–Trinajstić information content (AvgIpc) is 2.84. The van der Waals surface area contributed by atoms with E-state index in [4.69, 9.17) is 16.6 Å². The minimum Gasteiger partial charge on any atom is -0.480 e. The summed E-state index contributed by atoms with van der Waals surface area (Å²) >= 11 is 0. The van der Waals surface area contributed by atoms with Crippen LogP contribution in [-0.4, -0.2) is 39.6 Å². The molecule has 0 aliphatic rings. The molecule has 0 radical (unpaired) electrons. The van der Waals surface area contributed by atoms with E-state index in [1.807, 2.05) is 0 Å². The van der Waals surface area contributed by atoms with Crippen molar-refractivity contribution in [1.29, 1.82) is 0 Å². The van der Waals surface area contributed by atoms with Crippen LogP contribution in [0.3, 0.4) is 0 Å². The molecule has 0 spiro atoms. The lowest BCUT2D eigenvalue weighted by Gasteiger charge is -2.07. The Morgan fingerprint density at radius 1 is 1.67 bits per heavy atom. The van der Waals surface area contributed by atoms with E-state index in [1.165, 1.54) is 0 Å². The lowest BCUT2D eigenvalue weighted by molar-refractivity contribution is -0.138. The number of nitrogens with one attached hydrogen (secondary N) is 2. The van der Waals surface area contributed by atoms with Crippen LogP contribution in [0, 0.1) is 0 Å². The number of aromatic amines is 1. The fourth-order valence-corrected chi connectivity index (χ4v) is 1.26. The maximum atomic E-state index is 10.5. The van der Waals surface area contributed by atoms with Gasteiger partial charge in [0, 0.05) is 18.9 Å². The number of imidazole rings is 1. The summed E-state index contributed by atoms with van der Waals surface area (Å²) in [4.78, 5) is 21.4. The first-order valence-electron chi connectivity index (χ1n) is 5.60. The van der Waals surface area contributed by atoms with Crippen molar-refractivity contribution in [3.63, 3.8) is 0 Å². The highest BCUT2D eigenvalue weighted by atomic mass is 16.4. The van der Waals surface area contributed by atoms with E-state index in [0.717, 1.165) is 5.82 Å². The molecule has 0 saturated carbocycles. The largest absolute Gasteiger partial charge is 0.480 e. The Bertz CT molecular complexity index is 389. The van der Waals surface area contributed by atoms with Crippen molar-refractivity contribution < 1.29 is 9.90 Å². The summed E-state index contributed by atoms with van der Waals surface area (Å²) in [5.41, 5.74) is 11.0. The highest BCUT2D eigenvalue weighted by Crippen LogP contribution is 1.93. The molecule has 0 amide bonds. The number of rotatable bonds is 7. The van der Waals surface area contributed by atoms with Crippen LogP contribution in [0.1, 0.15) is 18.7 Å². The van der Waals surface area contributed by atoms with Crippen molar-refractivity contribution in [2.45, 2.75) is 25.4 Å². The van der Waals surface area contributed by atoms with E-state index in [0.29, 0.717) is 31.9 Å². The minimum atomic E-state index is -0.991. The smallest absolute Gasteiger partial charge is 0.320 e. The number of hydrogen-bond donors (Lipinski definition) is 5. The van der Waals surface area contributed by atoms with Crippen LogP contribution in [0.15, 0.2) is 17.4 Å². The van der Waals surface area contributed by atoms with Gasteiger partial charge in [0.1, 0.15) is 18.4 Å². The lowest BCUT2D eigenvalue weighted by Crippen LogP contribution is -2.35. The number of nitrogens with zero attached hydrogens (tertiary/aromatic N) is 2. The van der Waals surface area contributed by atoms with Crippen molar-refractivity contribution in [3.8, 4) is 0 Å². The summed E-state index contributed by atoms with van der Waals surface area (Å²) in [6.45, 7) is 0.912. The molecule has 0 aliphatic carbocycles. The Labute approximate surface area is 104 Å². The number of nitrogens with two attached hydrogens (primary N) is 2. The molecule has 1 aromatic rings. The molecule has 1 rings (SSSR count). The van der Waals surface area contributed by atoms with Gasteiger partial charge in [-0.15, -0.1) is 0 Å². The summed E-state index contributed by atoms with van der Waals surface area (Å²) in [5.74, 6) is 0.0393. The maximum Gasteiger partial charge on any atom is 0.320 e. The van der Waals surface area contributed by atoms with Crippen molar-refractivity contribution in [2.75, 3.05) is 6.54 Å². The second-order valence-corrected chi connectivity index (χ2v) is 3.75. The minimum absolute atomic E-state index is 0.301. The van der Waals surface area contributed by atoms with E-state index in [9.17, 15) is 4.79 Å². The molecule has 8 heteroatoms. The summed E-state index contributed by atoms with van der Waals surface area (Å²) in [7, 11) is 0. The maximum absolute atomic E-state index is 10.5. The van der Waals surface area contributed by atoms with Gasteiger partial charge in [0.25, 0.3) is 0 Å². The number of H-pyrrole nitrogens is 1. The van der Waals surface area contributed by atoms with Crippen LogP contribution < -0.4 is 16.8 Å². The molecular formula is C10H18N6O2. The molecule has 7 N–H and O–H groups in total. The molecule has 0 bridgehead atoms. The SMILES string of the molecule is NC(=NCc1ncc[nH]1)NCCC[C@H](N)C(=O)O. The Morgan fingerprint density at radius 3 is 3.06 bits per heavy atom.